The molecule has 8 nitrogen and oxygen atoms in total. The lowest BCUT2D eigenvalue weighted by Gasteiger charge is -2.15. The van der Waals surface area contributed by atoms with E-state index in [-0.39, 0.29) is 24.3 Å². The van der Waals surface area contributed by atoms with Crippen molar-refractivity contribution in [2.75, 3.05) is 11.9 Å². The average Bonchev–Trinajstić information content (AvgIpc) is 2.85. The molecule has 0 amide bonds. The number of nitrogens with zero attached hydrogens (tertiary/aromatic N) is 3. The topological polar surface area (TPSA) is 102 Å². The van der Waals surface area contributed by atoms with Gasteiger partial charge in [0.05, 0.1) is 12.2 Å². The minimum absolute atomic E-state index is 0.0395. The van der Waals surface area contributed by atoms with Crippen LogP contribution >= 0.6 is 0 Å². The zero-order valence-electron chi connectivity index (χ0n) is 13.3. The van der Waals surface area contributed by atoms with E-state index >= 15 is 0 Å². The molecule has 1 aromatic carbocycles. The molecule has 0 bridgehead atoms. The van der Waals surface area contributed by atoms with E-state index in [2.05, 4.69) is 10.3 Å². The van der Waals surface area contributed by atoms with Crippen molar-refractivity contribution in [1.82, 2.24) is 9.55 Å². The van der Waals surface area contributed by atoms with Gasteiger partial charge < -0.3 is 25.3 Å². The summed E-state index contributed by atoms with van der Waals surface area (Å²) in [5.41, 5.74) is 0.667. The molecule has 0 unspecified atom stereocenters. The van der Waals surface area contributed by atoms with Crippen molar-refractivity contribution in [3.05, 3.63) is 46.3 Å². The maximum absolute atomic E-state index is 10.9. The van der Waals surface area contributed by atoms with Crippen LogP contribution in [0.3, 0.4) is 0 Å². The lowest BCUT2D eigenvalue weighted by molar-refractivity contribution is -0.388. The van der Waals surface area contributed by atoms with Crippen molar-refractivity contribution in [2.24, 2.45) is 7.05 Å². The standard InChI is InChI=1S/C15H20N4O4/c1-10(2)23-12-6-4-5-11(7-12)13(20)8-16-14-15(19(21)22)17-9-18(14)3/h4-7,9-10,13,16,20H,8H2,1-3H3/t13-/m0/s1. The van der Waals surface area contributed by atoms with E-state index in [0.29, 0.717) is 11.3 Å². The third-order valence-corrected chi connectivity index (χ3v) is 3.17. The molecule has 1 heterocycles. The zero-order valence-corrected chi connectivity index (χ0v) is 13.3. The maximum Gasteiger partial charge on any atom is 0.406 e. The van der Waals surface area contributed by atoms with Gasteiger partial charge in [-0.1, -0.05) is 12.1 Å². The van der Waals surface area contributed by atoms with E-state index in [4.69, 9.17) is 4.74 Å². The Bertz CT molecular complexity index is 684. The van der Waals surface area contributed by atoms with Crippen molar-refractivity contribution in [3.8, 4) is 5.75 Å². The van der Waals surface area contributed by atoms with Crippen LogP contribution < -0.4 is 10.1 Å². The summed E-state index contributed by atoms with van der Waals surface area (Å²) in [6.45, 7) is 3.96. The summed E-state index contributed by atoms with van der Waals surface area (Å²) in [6, 6.07) is 7.14. The van der Waals surface area contributed by atoms with Crippen LogP contribution in [0, 0.1) is 10.1 Å². The van der Waals surface area contributed by atoms with E-state index in [1.54, 1.807) is 25.2 Å². The molecule has 2 N–H and O–H groups in total. The van der Waals surface area contributed by atoms with Crippen LogP contribution in [0.1, 0.15) is 25.5 Å². The van der Waals surface area contributed by atoms with Gasteiger partial charge in [0.25, 0.3) is 0 Å². The Labute approximate surface area is 133 Å². The summed E-state index contributed by atoms with van der Waals surface area (Å²) >= 11 is 0. The Morgan fingerprint density at radius 1 is 1.48 bits per heavy atom. The molecule has 2 rings (SSSR count). The lowest BCUT2D eigenvalue weighted by Crippen LogP contribution is -2.15. The first-order valence-corrected chi connectivity index (χ1v) is 7.22. The Morgan fingerprint density at radius 3 is 2.87 bits per heavy atom. The fraction of sp³-hybridized carbons (Fsp3) is 0.400. The van der Waals surface area contributed by atoms with Gasteiger partial charge in [-0.05, 0) is 41.5 Å². The van der Waals surface area contributed by atoms with E-state index in [0.717, 1.165) is 0 Å². The number of imidazole rings is 1. The normalized spacial score (nSPS) is 12.2. The van der Waals surface area contributed by atoms with Crippen LogP contribution in [0.4, 0.5) is 11.6 Å². The summed E-state index contributed by atoms with van der Waals surface area (Å²) in [5, 5.41) is 24.1. The smallest absolute Gasteiger partial charge is 0.406 e. The fourth-order valence-corrected chi connectivity index (χ4v) is 2.13. The molecule has 0 radical (unpaired) electrons. The van der Waals surface area contributed by atoms with Crippen molar-refractivity contribution >= 4 is 11.6 Å². The summed E-state index contributed by atoms with van der Waals surface area (Å²) in [4.78, 5) is 14.1. The number of rotatable bonds is 7. The van der Waals surface area contributed by atoms with Gasteiger partial charge in [-0.15, -0.1) is 0 Å². The molecule has 2 aromatic rings. The monoisotopic (exact) mass is 320 g/mol. The maximum atomic E-state index is 10.9. The second kappa shape index (κ2) is 7.10. The second-order valence-electron chi connectivity index (χ2n) is 5.42. The number of aliphatic hydroxyl groups is 1. The van der Waals surface area contributed by atoms with Gasteiger partial charge in [0.2, 0.25) is 12.1 Å². The van der Waals surface area contributed by atoms with Gasteiger partial charge in [0.1, 0.15) is 5.75 Å². The van der Waals surface area contributed by atoms with Gasteiger partial charge in [-0.25, -0.2) is 0 Å². The average molecular weight is 320 g/mol. The zero-order chi connectivity index (χ0) is 17.0. The first-order valence-electron chi connectivity index (χ1n) is 7.22. The van der Waals surface area contributed by atoms with Crippen LogP contribution in [-0.2, 0) is 7.05 Å². The number of anilines is 1. The van der Waals surface area contributed by atoms with Crippen molar-refractivity contribution in [2.45, 2.75) is 26.1 Å². The highest BCUT2D eigenvalue weighted by Gasteiger charge is 2.20. The molecule has 0 spiro atoms. The van der Waals surface area contributed by atoms with E-state index in [1.165, 1.54) is 10.9 Å². The number of nitro groups is 1. The minimum Gasteiger partial charge on any atom is -0.491 e. The number of ether oxygens (including phenoxy) is 1. The minimum atomic E-state index is -0.833. The van der Waals surface area contributed by atoms with Crippen LogP contribution in [0.2, 0.25) is 0 Å². The molecule has 124 valence electrons. The summed E-state index contributed by atoms with van der Waals surface area (Å²) in [7, 11) is 1.64. The highest BCUT2D eigenvalue weighted by atomic mass is 16.6. The van der Waals surface area contributed by atoms with Crippen molar-refractivity contribution in [3.63, 3.8) is 0 Å². The first kappa shape index (κ1) is 16.8. The van der Waals surface area contributed by atoms with Gasteiger partial charge in [0, 0.05) is 13.6 Å². The van der Waals surface area contributed by atoms with Gasteiger partial charge in [0.15, 0.2) is 0 Å². The van der Waals surface area contributed by atoms with Gasteiger partial charge in [-0.2, -0.15) is 0 Å². The number of aryl methyl sites for hydroxylation is 1. The summed E-state index contributed by atoms with van der Waals surface area (Å²) in [6.07, 6.45) is 0.557. The Kier molecular flexibility index (Phi) is 5.17. The molecule has 1 atom stereocenters. The third kappa shape index (κ3) is 4.19. The largest absolute Gasteiger partial charge is 0.491 e. The number of nitrogens with one attached hydrogen (secondary N) is 1. The molecule has 0 saturated carbocycles. The highest BCUT2D eigenvalue weighted by molar-refractivity contribution is 5.52. The Balaban J connectivity index is 2.07. The molecule has 0 aliphatic rings. The van der Waals surface area contributed by atoms with Crippen molar-refractivity contribution < 1.29 is 14.8 Å². The van der Waals surface area contributed by atoms with E-state index < -0.39 is 11.0 Å². The van der Waals surface area contributed by atoms with Crippen LogP contribution in [0.25, 0.3) is 0 Å². The van der Waals surface area contributed by atoms with Crippen molar-refractivity contribution in [1.29, 1.82) is 0 Å². The molecule has 0 fully saturated rings. The fourth-order valence-electron chi connectivity index (χ4n) is 2.13. The number of aliphatic hydroxyl groups excluding tert-OH is 1. The SMILES string of the molecule is CC(C)Oc1cccc([C@@H](O)CNc2c([N+](=O)[O-])ncn2C)c1. The second-order valence-corrected chi connectivity index (χ2v) is 5.42. The molecule has 8 heteroatoms. The van der Waals surface area contributed by atoms with Crippen LogP contribution in [-0.4, -0.2) is 32.2 Å². The third-order valence-electron chi connectivity index (χ3n) is 3.17. The number of hydrogen-bond donors (Lipinski definition) is 2. The highest BCUT2D eigenvalue weighted by Crippen LogP contribution is 2.24. The van der Waals surface area contributed by atoms with Gasteiger partial charge in [-0.3, -0.25) is 4.57 Å². The molecule has 23 heavy (non-hydrogen) atoms. The lowest BCUT2D eigenvalue weighted by atomic mass is 10.1. The molecule has 1 aromatic heterocycles. The summed E-state index contributed by atoms with van der Waals surface area (Å²) in [5.74, 6) is 0.656. The predicted molar refractivity (Wildman–Crippen MR) is 85.5 cm³/mol. The summed E-state index contributed by atoms with van der Waals surface area (Å²) < 4.78 is 7.09. The molecule has 0 saturated heterocycles. The Hall–Kier alpha value is -2.61. The molecule has 0 aliphatic carbocycles. The van der Waals surface area contributed by atoms with Gasteiger partial charge >= 0.3 is 5.82 Å². The van der Waals surface area contributed by atoms with Crippen LogP contribution in [0.5, 0.6) is 5.75 Å². The Morgan fingerprint density at radius 2 is 2.22 bits per heavy atom. The van der Waals surface area contributed by atoms with Crippen LogP contribution in [0.15, 0.2) is 30.6 Å². The molecular weight excluding hydrogens is 300 g/mol. The molecular formula is C15H20N4O4. The number of aromatic nitrogens is 2. The molecule has 0 aliphatic heterocycles. The van der Waals surface area contributed by atoms with E-state index in [9.17, 15) is 15.2 Å². The van der Waals surface area contributed by atoms with E-state index in [1.807, 2.05) is 19.9 Å². The number of benzene rings is 1. The number of hydrogen-bond acceptors (Lipinski definition) is 6. The first-order chi connectivity index (χ1) is 10.9. The predicted octanol–water partition coefficient (Wildman–Crippen LogP) is 2.26. The quantitative estimate of drug-likeness (QED) is 0.599.